The van der Waals surface area contributed by atoms with Crippen molar-refractivity contribution in [2.45, 2.75) is 0 Å². The monoisotopic (exact) mass is 137 g/mol. The van der Waals surface area contributed by atoms with Crippen LogP contribution in [0.2, 0.25) is 0 Å². The average molecular weight is 137 g/mol. The van der Waals surface area contributed by atoms with Crippen molar-refractivity contribution in [3.63, 3.8) is 0 Å². The topological polar surface area (TPSA) is 41.6 Å². The maximum absolute atomic E-state index is 12.6. The maximum atomic E-state index is 12.6. The number of nitrogens with one attached hydrogen (secondary N) is 1. The number of aromatic nitrogens is 3. The molecule has 4 heteroatoms. The largest absolute Gasteiger partial charge is 0.346 e. The molecule has 0 fully saturated rings. The molecule has 3 nitrogen and oxygen atoms in total. The predicted octanol–water partition coefficient (Wildman–Crippen LogP) is 1.10. The van der Waals surface area contributed by atoms with Gasteiger partial charge in [-0.1, -0.05) is 0 Å². The van der Waals surface area contributed by atoms with Crippen LogP contribution >= 0.6 is 0 Å². The highest BCUT2D eigenvalue weighted by atomic mass is 19.1. The number of aromatic amines is 1. The molecule has 50 valence electrons. The fraction of sp³-hybridized carbons (Fsp3) is 0. The van der Waals surface area contributed by atoms with Crippen molar-refractivity contribution in [2.24, 2.45) is 0 Å². The summed E-state index contributed by atoms with van der Waals surface area (Å²) >= 11 is 0. The van der Waals surface area contributed by atoms with Crippen LogP contribution in [-0.2, 0) is 0 Å². The first-order valence-corrected chi connectivity index (χ1v) is 2.81. The second-order valence-corrected chi connectivity index (χ2v) is 1.90. The Morgan fingerprint density at radius 3 is 3.10 bits per heavy atom. The minimum atomic E-state index is -0.480. The molecule has 10 heavy (non-hydrogen) atoms. The van der Waals surface area contributed by atoms with Crippen molar-refractivity contribution in [1.82, 2.24) is 15.0 Å². The molecule has 2 heterocycles. The van der Waals surface area contributed by atoms with Crippen molar-refractivity contribution in [2.75, 3.05) is 0 Å². The third kappa shape index (κ3) is 0.586. The second kappa shape index (κ2) is 1.76. The van der Waals surface area contributed by atoms with Gasteiger partial charge >= 0.3 is 0 Å². The van der Waals surface area contributed by atoms with Gasteiger partial charge in [0.1, 0.15) is 12.0 Å². The van der Waals surface area contributed by atoms with Crippen molar-refractivity contribution in [3.05, 3.63) is 24.5 Å². The van der Waals surface area contributed by atoms with Crippen molar-refractivity contribution in [1.29, 1.82) is 0 Å². The van der Waals surface area contributed by atoms with E-state index in [2.05, 4.69) is 15.0 Å². The van der Waals surface area contributed by atoms with Gasteiger partial charge in [0.2, 0.25) is 5.95 Å². The van der Waals surface area contributed by atoms with E-state index in [1.807, 2.05) is 0 Å². The highest BCUT2D eigenvalue weighted by molar-refractivity contribution is 5.74. The van der Waals surface area contributed by atoms with E-state index in [0.29, 0.717) is 11.0 Å². The Morgan fingerprint density at radius 2 is 2.30 bits per heavy atom. The molecule has 1 N–H and O–H groups in total. The second-order valence-electron chi connectivity index (χ2n) is 1.90. The van der Waals surface area contributed by atoms with Gasteiger partial charge in [0.05, 0.1) is 5.39 Å². The Hall–Kier alpha value is -1.45. The SMILES string of the molecule is Fc1ncnc2[nH]ccc12. The Balaban J connectivity index is 2.95. The van der Waals surface area contributed by atoms with E-state index in [0.717, 1.165) is 0 Å². The third-order valence-electron chi connectivity index (χ3n) is 1.31. The van der Waals surface area contributed by atoms with E-state index >= 15 is 0 Å². The number of halogens is 1. The molecule has 0 aliphatic carbocycles. The first kappa shape index (κ1) is 5.34. The molecule has 0 aliphatic rings. The summed E-state index contributed by atoms with van der Waals surface area (Å²) in [6.45, 7) is 0. The zero-order valence-electron chi connectivity index (χ0n) is 5.00. The van der Waals surface area contributed by atoms with E-state index in [4.69, 9.17) is 0 Å². The quantitative estimate of drug-likeness (QED) is 0.552. The molecular formula is C6H4FN3. The summed E-state index contributed by atoms with van der Waals surface area (Å²) in [4.78, 5) is 9.95. The molecule has 0 unspecified atom stereocenters. The molecule has 0 saturated carbocycles. The zero-order valence-corrected chi connectivity index (χ0v) is 5.00. The molecule has 0 atom stereocenters. The lowest BCUT2D eigenvalue weighted by Gasteiger charge is -1.86. The Bertz CT molecular complexity index is 355. The molecule has 0 saturated heterocycles. The third-order valence-corrected chi connectivity index (χ3v) is 1.31. The summed E-state index contributed by atoms with van der Waals surface area (Å²) in [6, 6.07) is 1.60. The van der Waals surface area contributed by atoms with Crippen LogP contribution in [0, 0.1) is 5.95 Å². The lowest BCUT2D eigenvalue weighted by Crippen LogP contribution is -1.84. The van der Waals surface area contributed by atoms with Crippen molar-refractivity contribution >= 4 is 11.0 Å². The smallest absolute Gasteiger partial charge is 0.225 e. The molecule has 2 aromatic rings. The fourth-order valence-electron chi connectivity index (χ4n) is 0.841. The standard InChI is InChI=1S/C6H4FN3/c7-5-4-1-2-8-6(4)10-3-9-5/h1-3H,(H,8,9,10). The summed E-state index contributed by atoms with van der Waals surface area (Å²) in [5, 5.41) is 0.433. The molecule has 2 rings (SSSR count). The van der Waals surface area contributed by atoms with E-state index < -0.39 is 5.95 Å². The number of H-pyrrole nitrogens is 1. The van der Waals surface area contributed by atoms with Crippen molar-refractivity contribution in [3.8, 4) is 0 Å². The van der Waals surface area contributed by atoms with Crippen LogP contribution in [0.1, 0.15) is 0 Å². The van der Waals surface area contributed by atoms with Gasteiger partial charge in [0, 0.05) is 6.20 Å². The molecule has 0 radical (unpaired) electrons. The van der Waals surface area contributed by atoms with Crippen LogP contribution in [0.5, 0.6) is 0 Å². The normalized spacial score (nSPS) is 10.5. The molecule has 0 spiro atoms. The summed E-state index contributed by atoms with van der Waals surface area (Å²) < 4.78 is 12.6. The summed E-state index contributed by atoms with van der Waals surface area (Å²) in [5.74, 6) is -0.480. The minimum absolute atomic E-state index is 0.433. The van der Waals surface area contributed by atoms with Crippen molar-refractivity contribution < 1.29 is 4.39 Å². The number of rotatable bonds is 0. The minimum Gasteiger partial charge on any atom is -0.346 e. The van der Waals surface area contributed by atoms with Crippen LogP contribution in [0.25, 0.3) is 11.0 Å². The van der Waals surface area contributed by atoms with E-state index in [-0.39, 0.29) is 0 Å². The van der Waals surface area contributed by atoms with Gasteiger partial charge < -0.3 is 4.98 Å². The van der Waals surface area contributed by atoms with Crippen LogP contribution in [0.3, 0.4) is 0 Å². The Kier molecular flexibility index (Phi) is 0.943. The summed E-state index contributed by atoms with van der Waals surface area (Å²) in [6.07, 6.45) is 2.82. The van der Waals surface area contributed by atoms with E-state index in [9.17, 15) is 4.39 Å². The Morgan fingerprint density at radius 1 is 1.40 bits per heavy atom. The Labute approximate surface area is 55.9 Å². The molecule has 2 aromatic heterocycles. The van der Waals surface area contributed by atoms with Crippen LogP contribution in [-0.4, -0.2) is 15.0 Å². The van der Waals surface area contributed by atoms with Crippen LogP contribution < -0.4 is 0 Å². The highest BCUT2D eigenvalue weighted by Crippen LogP contribution is 2.09. The predicted molar refractivity (Wildman–Crippen MR) is 33.8 cm³/mol. The van der Waals surface area contributed by atoms with Gasteiger partial charge in [-0.25, -0.2) is 9.97 Å². The number of hydrogen-bond donors (Lipinski definition) is 1. The lowest BCUT2D eigenvalue weighted by molar-refractivity contribution is 0.594. The van der Waals surface area contributed by atoms with Gasteiger partial charge in [-0.15, -0.1) is 0 Å². The van der Waals surface area contributed by atoms with Gasteiger partial charge in [-0.05, 0) is 6.07 Å². The first-order valence-electron chi connectivity index (χ1n) is 2.81. The maximum Gasteiger partial charge on any atom is 0.225 e. The summed E-state index contributed by atoms with van der Waals surface area (Å²) in [7, 11) is 0. The first-order chi connectivity index (χ1) is 4.88. The highest BCUT2D eigenvalue weighted by Gasteiger charge is 2.00. The van der Waals surface area contributed by atoms with Gasteiger partial charge in [-0.2, -0.15) is 4.39 Å². The van der Waals surface area contributed by atoms with Gasteiger partial charge in [0.15, 0.2) is 0 Å². The fourth-order valence-corrected chi connectivity index (χ4v) is 0.841. The zero-order chi connectivity index (χ0) is 6.97. The molecule has 0 amide bonds. The molecule has 0 aliphatic heterocycles. The lowest BCUT2D eigenvalue weighted by atomic mass is 10.4. The van der Waals surface area contributed by atoms with Gasteiger partial charge in [0.25, 0.3) is 0 Å². The van der Waals surface area contributed by atoms with Crippen LogP contribution in [0.15, 0.2) is 18.6 Å². The molecular weight excluding hydrogens is 133 g/mol. The number of fused-ring (bicyclic) bond motifs is 1. The molecule has 0 bridgehead atoms. The summed E-state index contributed by atoms with van der Waals surface area (Å²) in [5.41, 5.74) is 0.535. The molecule has 0 aromatic carbocycles. The van der Waals surface area contributed by atoms with E-state index in [1.165, 1.54) is 6.33 Å². The van der Waals surface area contributed by atoms with Gasteiger partial charge in [-0.3, -0.25) is 0 Å². The number of nitrogens with zero attached hydrogens (tertiary/aromatic N) is 2. The average Bonchev–Trinajstić information content (AvgIpc) is 2.36. The van der Waals surface area contributed by atoms with Crippen LogP contribution in [0.4, 0.5) is 4.39 Å². The number of hydrogen-bond acceptors (Lipinski definition) is 2. The van der Waals surface area contributed by atoms with E-state index in [1.54, 1.807) is 12.3 Å².